The van der Waals surface area contributed by atoms with Gasteiger partial charge in [-0.15, -0.1) is 0 Å². The molecule has 2 aromatic rings. The highest BCUT2D eigenvalue weighted by Gasteiger charge is 2.26. The summed E-state index contributed by atoms with van der Waals surface area (Å²) in [5, 5.41) is 6.17. The number of amidine groups is 1. The van der Waals surface area contributed by atoms with Crippen LogP contribution in [-0.2, 0) is 11.2 Å². The first-order chi connectivity index (χ1) is 12.6. The minimum Gasteiger partial charge on any atom is -0.326 e. The first-order valence-electron chi connectivity index (χ1n) is 8.14. The molecule has 2 aromatic carbocycles. The predicted molar refractivity (Wildman–Crippen MR) is 105 cm³/mol. The fourth-order valence-electron chi connectivity index (χ4n) is 2.94. The third-order valence-corrected chi connectivity index (χ3v) is 5.49. The van der Waals surface area contributed by atoms with E-state index in [0.717, 1.165) is 29.5 Å². The molecule has 4 rings (SSSR count). The molecule has 0 saturated carbocycles. The Kier molecular flexibility index (Phi) is 4.70. The third kappa shape index (κ3) is 3.34. The number of carbonyl (C=O) groups is 1. The van der Waals surface area contributed by atoms with Crippen molar-refractivity contribution in [3.05, 3.63) is 69.8 Å². The van der Waals surface area contributed by atoms with Gasteiger partial charge in [-0.05, 0) is 29.8 Å². The number of halogens is 2. The Bertz CT molecular complexity index is 907. The number of fused-ring (bicyclic) bond motifs is 1. The monoisotopic (exact) mass is 387 g/mol. The van der Waals surface area contributed by atoms with Crippen LogP contribution in [0, 0.1) is 5.82 Å². The number of nitrogens with zero attached hydrogens (tertiary/aromatic N) is 2. The fraction of sp³-hybridized carbons (Fsp3) is 0.158. The molecule has 0 radical (unpaired) electrons. The zero-order valence-electron chi connectivity index (χ0n) is 13.7. The molecule has 2 aliphatic heterocycles. The number of thioether (sulfide) groups is 1. The molecule has 0 bridgehead atoms. The van der Waals surface area contributed by atoms with Gasteiger partial charge in [0.25, 0.3) is 0 Å². The van der Waals surface area contributed by atoms with Crippen molar-refractivity contribution >= 4 is 45.8 Å². The van der Waals surface area contributed by atoms with E-state index in [9.17, 15) is 9.18 Å². The van der Waals surface area contributed by atoms with Gasteiger partial charge in [0, 0.05) is 28.2 Å². The van der Waals surface area contributed by atoms with Gasteiger partial charge in [0.1, 0.15) is 5.82 Å². The van der Waals surface area contributed by atoms with Crippen molar-refractivity contribution < 1.29 is 9.18 Å². The lowest BCUT2D eigenvalue weighted by Gasteiger charge is -2.17. The summed E-state index contributed by atoms with van der Waals surface area (Å²) in [6, 6.07) is 12.0. The molecule has 4 nitrogen and oxygen atoms in total. The molecule has 132 valence electrons. The van der Waals surface area contributed by atoms with Crippen molar-refractivity contribution in [2.24, 2.45) is 4.99 Å². The van der Waals surface area contributed by atoms with Crippen molar-refractivity contribution in [2.45, 2.75) is 6.42 Å². The van der Waals surface area contributed by atoms with Crippen LogP contribution in [0.15, 0.2) is 52.9 Å². The molecule has 2 aliphatic rings. The second-order valence-electron chi connectivity index (χ2n) is 5.94. The summed E-state index contributed by atoms with van der Waals surface area (Å²) in [7, 11) is 0. The Balaban J connectivity index is 1.43. The number of hydrogen-bond acceptors (Lipinski definition) is 4. The Morgan fingerprint density at radius 2 is 2.08 bits per heavy atom. The van der Waals surface area contributed by atoms with Crippen LogP contribution in [0.5, 0.6) is 0 Å². The molecular weight excluding hydrogens is 373 g/mol. The quantitative estimate of drug-likeness (QED) is 0.846. The van der Waals surface area contributed by atoms with Gasteiger partial charge < -0.3 is 10.2 Å². The highest BCUT2D eigenvalue weighted by molar-refractivity contribution is 8.16. The Hall–Kier alpha value is -2.31. The minimum absolute atomic E-state index is 0.108. The van der Waals surface area contributed by atoms with Gasteiger partial charge in [-0.3, -0.25) is 9.79 Å². The second-order valence-corrected chi connectivity index (χ2v) is 7.18. The zero-order chi connectivity index (χ0) is 18.1. The molecule has 2 heterocycles. The number of amides is 1. The Morgan fingerprint density at radius 1 is 1.27 bits per heavy atom. The minimum atomic E-state index is -0.475. The maximum Gasteiger partial charge on any atom is 0.228 e. The molecule has 0 spiro atoms. The summed E-state index contributed by atoms with van der Waals surface area (Å²) < 4.78 is 13.8. The van der Waals surface area contributed by atoms with Gasteiger partial charge in [-0.1, -0.05) is 41.6 Å². The summed E-state index contributed by atoms with van der Waals surface area (Å²) in [6.07, 6.45) is -0.108. The van der Waals surface area contributed by atoms with Crippen LogP contribution in [-0.4, -0.2) is 29.1 Å². The van der Waals surface area contributed by atoms with Gasteiger partial charge in [0.2, 0.25) is 5.91 Å². The summed E-state index contributed by atoms with van der Waals surface area (Å²) in [6.45, 7) is 1.72. The third-order valence-electron chi connectivity index (χ3n) is 4.23. The highest BCUT2D eigenvalue weighted by Crippen LogP contribution is 2.35. The molecule has 0 aliphatic carbocycles. The van der Waals surface area contributed by atoms with Crippen molar-refractivity contribution in [1.82, 2.24) is 4.90 Å². The molecular formula is C19H15ClFN3OS. The van der Waals surface area contributed by atoms with E-state index in [1.54, 1.807) is 17.8 Å². The van der Waals surface area contributed by atoms with Crippen LogP contribution >= 0.6 is 23.4 Å². The lowest BCUT2D eigenvalue weighted by atomic mass is 10.1. The number of hydrogen-bond donors (Lipinski definition) is 1. The van der Waals surface area contributed by atoms with Crippen molar-refractivity contribution in [1.29, 1.82) is 0 Å². The molecule has 0 unspecified atom stereocenters. The fourth-order valence-corrected chi connectivity index (χ4v) is 4.13. The van der Waals surface area contributed by atoms with Crippen LogP contribution in [0.2, 0.25) is 5.02 Å². The standard InChI is InChI=1S/C19H15ClFN3OS/c20-15-2-1-3-16(21)14(15)10-18(25)23-13-6-4-12(5-7-13)17-11-26-19-22-8-9-24(17)19/h1-7,11H,8-10H2,(H,23,25). The van der Waals surface area contributed by atoms with E-state index in [-0.39, 0.29) is 22.9 Å². The van der Waals surface area contributed by atoms with E-state index in [1.807, 2.05) is 24.3 Å². The predicted octanol–water partition coefficient (Wildman–Crippen LogP) is 4.38. The summed E-state index contributed by atoms with van der Waals surface area (Å²) in [4.78, 5) is 18.8. The van der Waals surface area contributed by atoms with Crippen LogP contribution in [0.3, 0.4) is 0 Å². The van der Waals surface area contributed by atoms with Gasteiger partial charge in [0.05, 0.1) is 18.7 Å². The Labute approximate surface area is 159 Å². The lowest BCUT2D eigenvalue weighted by molar-refractivity contribution is -0.115. The van der Waals surface area contributed by atoms with Crippen LogP contribution < -0.4 is 5.32 Å². The first kappa shape index (κ1) is 17.1. The van der Waals surface area contributed by atoms with Crippen molar-refractivity contribution in [2.75, 3.05) is 18.4 Å². The summed E-state index contributed by atoms with van der Waals surface area (Å²) >= 11 is 7.60. The highest BCUT2D eigenvalue weighted by atomic mass is 35.5. The number of nitrogens with one attached hydrogen (secondary N) is 1. The molecule has 0 atom stereocenters. The zero-order valence-corrected chi connectivity index (χ0v) is 15.3. The largest absolute Gasteiger partial charge is 0.326 e. The van der Waals surface area contributed by atoms with E-state index >= 15 is 0 Å². The number of anilines is 1. The number of aliphatic imine (C=N–C) groups is 1. The normalized spacial score (nSPS) is 15.5. The molecule has 0 saturated heterocycles. The summed E-state index contributed by atoms with van der Waals surface area (Å²) in [5.41, 5.74) is 3.06. The molecule has 7 heteroatoms. The second kappa shape index (κ2) is 7.13. The van der Waals surface area contributed by atoms with E-state index in [1.165, 1.54) is 12.1 Å². The van der Waals surface area contributed by atoms with E-state index in [4.69, 9.17) is 11.6 Å². The summed E-state index contributed by atoms with van der Waals surface area (Å²) in [5.74, 6) is -0.786. The van der Waals surface area contributed by atoms with E-state index in [2.05, 4.69) is 20.6 Å². The van der Waals surface area contributed by atoms with Crippen molar-refractivity contribution in [3.63, 3.8) is 0 Å². The average Bonchev–Trinajstić information content (AvgIpc) is 3.23. The van der Waals surface area contributed by atoms with Gasteiger partial charge >= 0.3 is 0 Å². The molecule has 0 fully saturated rings. The smallest absolute Gasteiger partial charge is 0.228 e. The maximum absolute atomic E-state index is 13.8. The Morgan fingerprint density at radius 3 is 2.85 bits per heavy atom. The number of rotatable bonds is 4. The van der Waals surface area contributed by atoms with Gasteiger partial charge in [-0.25, -0.2) is 4.39 Å². The first-order valence-corrected chi connectivity index (χ1v) is 9.39. The van der Waals surface area contributed by atoms with Gasteiger partial charge in [-0.2, -0.15) is 0 Å². The molecule has 26 heavy (non-hydrogen) atoms. The molecule has 0 aromatic heterocycles. The van der Waals surface area contributed by atoms with E-state index < -0.39 is 5.82 Å². The van der Waals surface area contributed by atoms with Gasteiger partial charge in [0.15, 0.2) is 5.17 Å². The van der Waals surface area contributed by atoms with Crippen molar-refractivity contribution in [3.8, 4) is 0 Å². The maximum atomic E-state index is 13.8. The van der Waals surface area contributed by atoms with Crippen LogP contribution in [0.25, 0.3) is 5.70 Å². The average molecular weight is 388 g/mol. The lowest BCUT2D eigenvalue weighted by Crippen LogP contribution is -2.20. The number of carbonyl (C=O) groups excluding carboxylic acids is 1. The van der Waals surface area contributed by atoms with Crippen LogP contribution in [0.4, 0.5) is 10.1 Å². The molecule has 1 amide bonds. The van der Waals surface area contributed by atoms with Crippen LogP contribution in [0.1, 0.15) is 11.1 Å². The molecule has 1 N–H and O–H groups in total. The number of benzene rings is 2. The SMILES string of the molecule is O=C(Cc1c(F)cccc1Cl)Nc1ccc(C2=CSC3=NCCN23)cc1. The van der Waals surface area contributed by atoms with E-state index in [0.29, 0.717) is 5.69 Å². The topological polar surface area (TPSA) is 44.7 Å².